The summed E-state index contributed by atoms with van der Waals surface area (Å²) in [5.41, 5.74) is 1.23. The highest BCUT2D eigenvalue weighted by Crippen LogP contribution is 2.25. The average molecular weight is 302 g/mol. The molecule has 2 heterocycles. The first kappa shape index (κ1) is 13.3. The molecule has 0 aliphatic heterocycles. The summed E-state index contributed by atoms with van der Waals surface area (Å²) < 4.78 is 5.15. The molecule has 3 rings (SSSR count). The summed E-state index contributed by atoms with van der Waals surface area (Å²) in [6.45, 7) is 0. The standard InChI is InChI=1S/C14H8ClN3O3/c15-10-2-1-7-16-11(10)12-17-13(21-18-12)8-3-5-9(6-4-8)14(19)20/h1-7H,(H,19,20). The first-order valence-electron chi connectivity index (χ1n) is 5.93. The van der Waals surface area contributed by atoms with E-state index in [2.05, 4.69) is 15.1 Å². The number of carboxylic acids is 1. The first-order chi connectivity index (χ1) is 10.1. The van der Waals surface area contributed by atoms with Gasteiger partial charge in [0.15, 0.2) is 0 Å². The molecule has 0 radical (unpaired) electrons. The van der Waals surface area contributed by atoms with Crippen LogP contribution in [0.4, 0.5) is 0 Å². The molecule has 6 nitrogen and oxygen atoms in total. The van der Waals surface area contributed by atoms with Crippen molar-refractivity contribution in [2.45, 2.75) is 0 Å². The summed E-state index contributed by atoms with van der Waals surface area (Å²) in [7, 11) is 0. The molecule has 0 saturated heterocycles. The van der Waals surface area contributed by atoms with Crippen LogP contribution in [-0.4, -0.2) is 26.2 Å². The minimum Gasteiger partial charge on any atom is -0.478 e. The lowest BCUT2D eigenvalue weighted by molar-refractivity contribution is 0.0697. The molecule has 2 aromatic heterocycles. The van der Waals surface area contributed by atoms with Crippen LogP contribution in [0.15, 0.2) is 47.1 Å². The number of carboxylic acid groups (broad SMARTS) is 1. The molecule has 0 fully saturated rings. The third-order valence-corrected chi connectivity index (χ3v) is 3.08. The van der Waals surface area contributed by atoms with Crippen molar-refractivity contribution in [2.75, 3.05) is 0 Å². The molecular formula is C14H8ClN3O3. The third-order valence-electron chi connectivity index (χ3n) is 2.78. The Morgan fingerprint density at radius 1 is 1.19 bits per heavy atom. The second-order valence-electron chi connectivity index (χ2n) is 4.14. The van der Waals surface area contributed by atoms with Gasteiger partial charge in [-0.05, 0) is 36.4 Å². The monoisotopic (exact) mass is 301 g/mol. The summed E-state index contributed by atoms with van der Waals surface area (Å²) in [5, 5.41) is 13.1. The van der Waals surface area contributed by atoms with Gasteiger partial charge in [0.05, 0.1) is 10.6 Å². The Morgan fingerprint density at radius 2 is 1.95 bits per heavy atom. The van der Waals surface area contributed by atoms with Crippen LogP contribution in [0.25, 0.3) is 23.0 Å². The van der Waals surface area contributed by atoms with E-state index in [4.69, 9.17) is 21.2 Å². The maximum absolute atomic E-state index is 10.8. The molecular weight excluding hydrogens is 294 g/mol. The number of aromatic carboxylic acids is 1. The SMILES string of the molecule is O=C(O)c1ccc(-c2nc(-c3ncccc3Cl)no2)cc1. The van der Waals surface area contributed by atoms with Crippen molar-refractivity contribution in [3.8, 4) is 23.0 Å². The molecule has 0 aliphatic rings. The summed E-state index contributed by atoms with van der Waals surface area (Å²) in [5.74, 6) is -0.449. The van der Waals surface area contributed by atoms with E-state index >= 15 is 0 Å². The minimum atomic E-state index is -0.993. The van der Waals surface area contributed by atoms with Crippen molar-refractivity contribution in [2.24, 2.45) is 0 Å². The number of halogens is 1. The van der Waals surface area contributed by atoms with Gasteiger partial charge in [-0.1, -0.05) is 16.8 Å². The fourth-order valence-corrected chi connectivity index (χ4v) is 1.95. The molecule has 0 aliphatic carbocycles. The Morgan fingerprint density at radius 3 is 2.62 bits per heavy atom. The lowest BCUT2D eigenvalue weighted by atomic mass is 10.1. The normalized spacial score (nSPS) is 10.5. The number of carbonyl (C=O) groups is 1. The number of nitrogens with zero attached hydrogens (tertiary/aromatic N) is 3. The summed E-state index contributed by atoms with van der Waals surface area (Å²) in [6.07, 6.45) is 1.58. The van der Waals surface area contributed by atoms with E-state index in [-0.39, 0.29) is 17.3 Å². The lowest BCUT2D eigenvalue weighted by Gasteiger charge is -1.96. The Hall–Kier alpha value is -2.73. The molecule has 3 aromatic rings. The van der Waals surface area contributed by atoms with Crippen molar-refractivity contribution >= 4 is 17.6 Å². The van der Waals surface area contributed by atoms with Gasteiger partial charge in [-0.3, -0.25) is 4.98 Å². The number of benzene rings is 1. The predicted octanol–water partition coefficient (Wildman–Crippen LogP) is 3.15. The van der Waals surface area contributed by atoms with Gasteiger partial charge in [0.1, 0.15) is 5.69 Å². The molecule has 1 aromatic carbocycles. The predicted molar refractivity (Wildman–Crippen MR) is 74.9 cm³/mol. The van der Waals surface area contributed by atoms with Crippen molar-refractivity contribution in [1.29, 1.82) is 0 Å². The van der Waals surface area contributed by atoms with Crippen LogP contribution < -0.4 is 0 Å². The van der Waals surface area contributed by atoms with Gasteiger partial charge >= 0.3 is 5.97 Å². The van der Waals surface area contributed by atoms with Crippen LogP contribution in [0.2, 0.25) is 5.02 Å². The second kappa shape index (κ2) is 5.34. The lowest BCUT2D eigenvalue weighted by Crippen LogP contribution is -1.94. The van der Waals surface area contributed by atoms with Crippen LogP contribution in [0, 0.1) is 0 Å². The van der Waals surface area contributed by atoms with Gasteiger partial charge in [0.25, 0.3) is 5.89 Å². The van der Waals surface area contributed by atoms with E-state index in [1.54, 1.807) is 30.5 Å². The van der Waals surface area contributed by atoms with Gasteiger partial charge in [0, 0.05) is 11.8 Å². The van der Waals surface area contributed by atoms with Crippen molar-refractivity contribution in [3.05, 3.63) is 53.2 Å². The van der Waals surface area contributed by atoms with Crippen LogP contribution in [0.5, 0.6) is 0 Å². The molecule has 0 spiro atoms. The molecule has 21 heavy (non-hydrogen) atoms. The van der Waals surface area contributed by atoms with E-state index in [0.717, 1.165) is 0 Å². The average Bonchev–Trinajstić information content (AvgIpc) is 2.97. The van der Waals surface area contributed by atoms with Gasteiger partial charge < -0.3 is 9.63 Å². The van der Waals surface area contributed by atoms with Crippen molar-refractivity contribution < 1.29 is 14.4 Å². The molecule has 7 heteroatoms. The van der Waals surface area contributed by atoms with Crippen LogP contribution in [-0.2, 0) is 0 Å². The van der Waals surface area contributed by atoms with Gasteiger partial charge in [-0.15, -0.1) is 0 Å². The number of pyridine rings is 1. The van der Waals surface area contributed by atoms with Gasteiger partial charge in [-0.25, -0.2) is 4.79 Å². The summed E-state index contributed by atoms with van der Waals surface area (Å²) in [4.78, 5) is 19.1. The highest BCUT2D eigenvalue weighted by atomic mass is 35.5. The molecule has 104 valence electrons. The quantitative estimate of drug-likeness (QED) is 0.799. The number of hydrogen-bond donors (Lipinski definition) is 1. The van der Waals surface area contributed by atoms with E-state index < -0.39 is 5.97 Å². The van der Waals surface area contributed by atoms with E-state index in [1.807, 2.05) is 0 Å². The Bertz CT molecular complexity index is 799. The van der Waals surface area contributed by atoms with E-state index in [9.17, 15) is 4.79 Å². The number of rotatable bonds is 3. The molecule has 1 N–H and O–H groups in total. The molecule has 0 amide bonds. The summed E-state index contributed by atoms with van der Waals surface area (Å²) in [6, 6.07) is 9.52. The number of aromatic nitrogens is 3. The molecule has 0 unspecified atom stereocenters. The largest absolute Gasteiger partial charge is 0.478 e. The second-order valence-corrected chi connectivity index (χ2v) is 4.55. The zero-order valence-electron chi connectivity index (χ0n) is 10.5. The third kappa shape index (κ3) is 2.61. The molecule has 0 bridgehead atoms. The number of hydrogen-bond acceptors (Lipinski definition) is 5. The maximum Gasteiger partial charge on any atom is 0.335 e. The topological polar surface area (TPSA) is 89.1 Å². The Balaban J connectivity index is 1.95. The van der Waals surface area contributed by atoms with Crippen LogP contribution in [0.3, 0.4) is 0 Å². The van der Waals surface area contributed by atoms with Crippen LogP contribution in [0.1, 0.15) is 10.4 Å². The molecule has 0 atom stereocenters. The maximum atomic E-state index is 10.8. The van der Waals surface area contributed by atoms with Crippen molar-refractivity contribution in [3.63, 3.8) is 0 Å². The Kier molecular flexibility index (Phi) is 3.37. The minimum absolute atomic E-state index is 0.186. The highest BCUT2D eigenvalue weighted by Gasteiger charge is 2.14. The smallest absolute Gasteiger partial charge is 0.335 e. The van der Waals surface area contributed by atoms with Gasteiger partial charge in [-0.2, -0.15) is 4.98 Å². The molecule has 0 saturated carbocycles. The zero-order valence-corrected chi connectivity index (χ0v) is 11.3. The van der Waals surface area contributed by atoms with Crippen LogP contribution >= 0.6 is 11.6 Å². The fourth-order valence-electron chi connectivity index (χ4n) is 1.74. The van der Waals surface area contributed by atoms with Gasteiger partial charge in [0.2, 0.25) is 5.82 Å². The van der Waals surface area contributed by atoms with Crippen molar-refractivity contribution in [1.82, 2.24) is 15.1 Å². The first-order valence-corrected chi connectivity index (χ1v) is 6.31. The van der Waals surface area contributed by atoms with E-state index in [1.165, 1.54) is 12.1 Å². The Labute approximate surface area is 124 Å². The summed E-state index contributed by atoms with van der Waals surface area (Å²) >= 11 is 6.02. The zero-order chi connectivity index (χ0) is 14.8. The fraction of sp³-hybridized carbons (Fsp3) is 0. The van der Waals surface area contributed by atoms with E-state index in [0.29, 0.717) is 16.3 Å². The highest BCUT2D eigenvalue weighted by molar-refractivity contribution is 6.32.